The molecule has 0 amide bonds. The van der Waals surface area contributed by atoms with Crippen LogP contribution in [0.3, 0.4) is 0 Å². The lowest BCUT2D eigenvalue weighted by molar-refractivity contribution is -0.136. The molecular weight excluding hydrogens is 292 g/mol. The number of rotatable bonds is 2. The van der Waals surface area contributed by atoms with E-state index in [1.54, 1.807) is 6.92 Å². The van der Waals surface area contributed by atoms with Gasteiger partial charge in [-0.05, 0) is 44.4 Å². The molecule has 2 rings (SSSR count). The highest BCUT2D eigenvalue weighted by molar-refractivity contribution is 5.92. The zero-order valence-electron chi connectivity index (χ0n) is 14.0. The molecule has 2 N–H and O–H groups in total. The van der Waals surface area contributed by atoms with E-state index in [1.807, 2.05) is 32.9 Å². The Morgan fingerprint density at radius 1 is 1.26 bits per heavy atom. The summed E-state index contributed by atoms with van der Waals surface area (Å²) in [6.45, 7) is 7.57. The zero-order valence-corrected chi connectivity index (χ0v) is 14.0. The number of benzene rings is 1. The number of nitrogens with two attached hydrogens (primary N) is 1. The van der Waals surface area contributed by atoms with E-state index in [-0.39, 0.29) is 11.5 Å². The van der Waals surface area contributed by atoms with Crippen LogP contribution in [0.1, 0.15) is 35.1 Å². The average Bonchev–Trinajstić information content (AvgIpc) is 2.45. The molecule has 0 saturated carbocycles. The van der Waals surface area contributed by atoms with Gasteiger partial charge in [-0.3, -0.25) is 0 Å². The molecule has 1 aliphatic rings. The highest BCUT2D eigenvalue weighted by Gasteiger charge is 2.37. The van der Waals surface area contributed by atoms with Crippen LogP contribution in [0.15, 0.2) is 34.9 Å². The van der Waals surface area contributed by atoms with Crippen molar-refractivity contribution in [2.45, 2.75) is 33.6 Å². The fraction of sp³-hybridized carbons (Fsp3) is 0.333. The second-order valence-electron chi connectivity index (χ2n) is 5.70. The number of hydrogen-bond acceptors (Lipinski definition) is 5. The van der Waals surface area contributed by atoms with E-state index in [1.165, 1.54) is 7.11 Å². The van der Waals surface area contributed by atoms with E-state index in [0.717, 1.165) is 22.3 Å². The maximum atomic E-state index is 12.3. The highest BCUT2D eigenvalue weighted by atomic mass is 16.5. The van der Waals surface area contributed by atoms with Crippen LogP contribution in [-0.4, -0.2) is 13.1 Å². The first-order valence-corrected chi connectivity index (χ1v) is 7.26. The smallest absolute Gasteiger partial charge is 0.338 e. The lowest BCUT2D eigenvalue weighted by Crippen LogP contribution is -2.26. The van der Waals surface area contributed by atoms with Crippen molar-refractivity contribution in [1.29, 1.82) is 5.26 Å². The number of methoxy groups -OCH3 is 1. The van der Waals surface area contributed by atoms with Gasteiger partial charge in [0.2, 0.25) is 5.88 Å². The number of aryl methyl sites for hydroxylation is 3. The van der Waals surface area contributed by atoms with Crippen LogP contribution in [0.2, 0.25) is 0 Å². The summed E-state index contributed by atoms with van der Waals surface area (Å²) in [5.41, 5.74) is 10.4. The second kappa shape index (κ2) is 6.17. The molecule has 1 aromatic rings. The second-order valence-corrected chi connectivity index (χ2v) is 5.70. The minimum atomic E-state index is -0.582. The molecule has 5 nitrogen and oxygen atoms in total. The Bertz CT molecular complexity index is 759. The minimum absolute atomic E-state index is 0.0297. The molecule has 0 bridgehead atoms. The monoisotopic (exact) mass is 312 g/mol. The number of ether oxygens (including phenoxy) is 2. The maximum Gasteiger partial charge on any atom is 0.338 e. The summed E-state index contributed by atoms with van der Waals surface area (Å²) in [5.74, 6) is -0.714. The maximum absolute atomic E-state index is 12.3. The van der Waals surface area contributed by atoms with Crippen molar-refractivity contribution < 1.29 is 14.3 Å². The molecule has 1 aliphatic heterocycles. The fourth-order valence-corrected chi connectivity index (χ4v) is 3.19. The average molecular weight is 312 g/mol. The predicted molar refractivity (Wildman–Crippen MR) is 86.0 cm³/mol. The largest absolute Gasteiger partial charge is 0.466 e. The molecule has 5 heteroatoms. The number of carbonyl (C=O) groups is 1. The summed E-state index contributed by atoms with van der Waals surface area (Å²) in [4.78, 5) is 12.3. The number of esters is 1. The van der Waals surface area contributed by atoms with Crippen LogP contribution in [0, 0.1) is 32.1 Å². The molecule has 1 heterocycles. The van der Waals surface area contributed by atoms with E-state index < -0.39 is 11.9 Å². The van der Waals surface area contributed by atoms with Gasteiger partial charge in [-0.15, -0.1) is 0 Å². The lowest BCUT2D eigenvalue weighted by atomic mass is 9.79. The molecule has 0 saturated heterocycles. The van der Waals surface area contributed by atoms with Crippen molar-refractivity contribution in [3.63, 3.8) is 0 Å². The molecule has 0 fully saturated rings. The molecule has 23 heavy (non-hydrogen) atoms. The standard InChI is InChI=1S/C18H20N2O3/c1-9-6-10(2)14(11(3)7-9)16-13(8-19)17(20)23-12(4)15(16)18(21)22-5/h6-7,16H,20H2,1-5H3/t16-/m1/s1. The van der Waals surface area contributed by atoms with Crippen molar-refractivity contribution in [2.24, 2.45) is 5.73 Å². The van der Waals surface area contributed by atoms with Gasteiger partial charge in [0.05, 0.1) is 18.6 Å². The Balaban J connectivity index is 2.79. The zero-order chi connectivity index (χ0) is 17.3. The number of nitriles is 1. The summed E-state index contributed by atoms with van der Waals surface area (Å²) >= 11 is 0. The van der Waals surface area contributed by atoms with Gasteiger partial charge in [0.25, 0.3) is 0 Å². The van der Waals surface area contributed by atoms with Crippen molar-refractivity contribution >= 4 is 5.97 Å². The van der Waals surface area contributed by atoms with Gasteiger partial charge >= 0.3 is 5.97 Å². The van der Waals surface area contributed by atoms with Gasteiger partial charge in [-0.25, -0.2) is 4.79 Å². The van der Waals surface area contributed by atoms with E-state index in [0.29, 0.717) is 11.3 Å². The molecule has 0 radical (unpaired) electrons. The quantitative estimate of drug-likeness (QED) is 0.849. The topological polar surface area (TPSA) is 85.3 Å². The van der Waals surface area contributed by atoms with E-state index >= 15 is 0 Å². The third kappa shape index (κ3) is 2.80. The van der Waals surface area contributed by atoms with Gasteiger partial charge in [0.1, 0.15) is 17.4 Å². The van der Waals surface area contributed by atoms with Gasteiger partial charge in [-0.2, -0.15) is 5.26 Å². The summed E-state index contributed by atoms with van der Waals surface area (Å²) in [7, 11) is 1.31. The first-order valence-electron chi connectivity index (χ1n) is 7.26. The molecule has 0 unspecified atom stereocenters. The molecule has 120 valence electrons. The normalized spacial score (nSPS) is 17.7. The van der Waals surface area contributed by atoms with Crippen molar-refractivity contribution in [3.8, 4) is 6.07 Å². The minimum Gasteiger partial charge on any atom is -0.466 e. The Kier molecular flexibility index (Phi) is 4.46. The number of allylic oxidation sites excluding steroid dienone is 2. The SMILES string of the molecule is COC(=O)C1=C(C)OC(N)=C(C#N)[C@@H]1c1c(C)cc(C)cc1C. The van der Waals surface area contributed by atoms with Crippen LogP contribution < -0.4 is 5.73 Å². The van der Waals surface area contributed by atoms with Gasteiger partial charge in [0.15, 0.2) is 0 Å². The Morgan fingerprint density at radius 2 is 1.83 bits per heavy atom. The van der Waals surface area contributed by atoms with E-state index in [2.05, 4.69) is 6.07 Å². The van der Waals surface area contributed by atoms with Crippen LogP contribution >= 0.6 is 0 Å². The third-order valence-electron chi connectivity index (χ3n) is 4.04. The number of carbonyl (C=O) groups excluding carboxylic acids is 1. The first-order chi connectivity index (χ1) is 10.8. The van der Waals surface area contributed by atoms with E-state index in [4.69, 9.17) is 15.2 Å². The lowest BCUT2D eigenvalue weighted by Gasteiger charge is -2.28. The third-order valence-corrected chi connectivity index (χ3v) is 4.04. The van der Waals surface area contributed by atoms with Gasteiger partial charge in [0, 0.05) is 0 Å². The van der Waals surface area contributed by atoms with Crippen molar-refractivity contribution in [3.05, 3.63) is 57.2 Å². The molecule has 0 spiro atoms. The molecule has 0 aromatic heterocycles. The summed E-state index contributed by atoms with van der Waals surface area (Å²) < 4.78 is 10.3. The molecule has 1 atom stereocenters. The predicted octanol–water partition coefficient (Wildman–Crippen LogP) is 2.87. The summed E-state index contributed by atoms with van der Waals surface area (Å²) in [5, 5.41) is 9.55. The van der Waals surface area contributed by atoms with Crippen LogP contribution in [0.4, 0.5) is 0 Å². The Hall–Kier alpha value is -2.74. The highest BCUT2D eigenvalue weighted by Crippen LogP contribution is 2.42. The summed E-state index contributed by atoms with van der Waals surface area (Å²) in [6.07, 6.45) is 0. The van der Waals surface area contributed by atoms with Crippen molar-refractivity contribution in [1.82, 2.24) is 0 Å². The number of nitrogens with zero attached hydrogens (tertiary/aromatic N) is 1. The molecule has 0 aliphatic carbocycles. The molecule has 1 aromatic carbocycles. The van der Waals surface area contributed by atoms with Crippen molar-refractivity contribution in [2.75, 3.05) is 7.11 Å². The Morgan fingerprint density at radius 3 is 2.30 bits per heavy atom. The fourth-order valence-electron chi connectivity index (χ4n) is 3.19. The summed E-state index contributed by atoms with van der Waals surface area (Å²) in [6, 6.07) is 6.13. The first kappa shape index (κ1) is 16.6. The molecular formula is C18H20N2O3. The number of hydrogen-bond donors (Lipinski definition) is 1. The van der Waals surface area contributed by atoms with Crippen LogP contribution in [-0.2, 0) is 14.3 Å². The van der Waals surface area contributed by atoms with Gasteiger partial charge < -0.3 is 15.2 Å². The Labute approximate surface area is 136 Å². The van der Waals surface area contributed by atoms with Crippen LogP contribution in [0.5, 0.6) is 0 Å². The van der Waals surface area contributed by atoms with Crippen LogP contribution in [0.25, 0.3) is 0 Å². The van der Waals surface area contributed by atoms with E-state index in [9.17, 15) is 10.1 Å². The van der Waals surface area contributed by atoms with Gasteiger partial charge in [-0.1, -0.05) is 17.7 Å².